The SMILES string of the molecule is CCCC1=C(C(=O)OCC)[C@@H](c2cc(Br)ccc2OC)n2c(s/c(=C/c3ccc(OCc4ccccc4C#N)cc3)c2=O)=N1. The number of nitriles is 1. The Morgan fingerprint density at radius 1 is 1.14 bits per heavy atom. The third-order valence-corrected chi connectivity index (χ3v) is 8.56. The first kappa shape index (κ1) is 31.0. The molecule has 224 valence electrons. The zero-order valence-corrected chi connectivity index (χ0v) is 26.9. The molecule has 2 heterocycles. The number of fused-ring (bicyclic) bond motifs is 1. The topological polar surface area (TPSA) is 103 Å². The van der Waals surface area contributed by atoms with Crippen molar-refractivity contribution in [3.63, 3.8) is 0 Å². The van der Waals surface area contributed by atoms with Crippen LogP contribution in [0.5, 0.6) is 11.5 Å². The smallest absolute Gasteiger partial charge is 0.338 e. The molecule has 44 heavy (non-hydrogen) atoms. The first-order valence-corrected chi connectivity index (χ1v) is 15.8. The Kier molecular flexibility index (Phi) is 9.78. The number of thiazole rings is 1. The maximum Gasteiger partial charge on any atom is 0.338 e. The van der Waals surface area contributed by atoms with Gasteiger partial charge in [0.05, 0.1) is 41.2 Å². The second-order valence-corrected chi connectivity index (χ2v) is 11.9. The largest absolute Gasteiger partial charge is 0.496 e. The molecular weight excluding hydrogens is 642 g/mol. The second kappa shape index (κ2) is 13.9. The molecule has 1 aromatic heterocycles. The lowest BCUT2D eigenvalue weighted by Gasteiger charge is -2.27. The lowest BCUT2D eigenvalue weighted by molar-refractivity contribution is -0.139. The molecule has 0 radical (unpaired) electrons. The van der Waals surface area contributed by atoms with E-state index in [2.05, 4.69) is 22.0 Å². The molecule has 4 aromatic rings. The number of carbonyl (C=O) groups is 1. The van der Waals surface area contributed by atoms with Gasteiger partial charge in [0.1, 0.15) is 24.1 Å². The van der Waals surface area contributed by atoms with Gasteiger partial charge in [-0.25, -0.2) is 9.79 Å². The molecule has 5 rings (SSSR count). The fraction of sp³-hybridized carbons (Fsp3) is 0.235. The zero-order chi connectivity index (χ0) is 31.2. The zero-order valence-electron chi connectivity index (χ0n) is 24.5. The van der Waals surface area contributed by atoms with Crippen LogP contribution >= 0.6 is 27.3 Å². The molecule has 0 N–H and O–H groups in total. The van der Waals surface area contributed by atoms with Gasteiger partial charge in [-0.05, 0) is 61.4 Å². The number of rotatable bonds is 10. The number of benzene rings is 3. The summed E-state index contributed by atoms with van der Waals surface area (Å²) < 4.78 is 19.9. The van der Waals surface area contributed by atoms with Crippen LogP contribution in [-0.2, 0) is 16.1 Å². The molecule has 0 saturated heterocycles. The highest BCUT2D eigenvalue weighted by Gasteiger charge is 2.36. The standard InChI is InChI=1S/C34H30BrN3O5S/c1-4-8-27-30(33(40)42-5-2)31(26-18-24(35)13-16-28(26)41-3)38-32(39)29(44-34(38)37-27)17-21-11-14-25(15-12-21)43-20-23-10-7-6-9-22(23)19-36/h6-7,9-18,31H,4-5,8,20H2,1-3H3/b29-17+/t31-/m1/s1. The Hall–Kier alpha value is -4.46. The Morgan fingerprint density at radius 3 is 2.61 bits per heavy atom. The van der Waals surface area contributed by atoms with Crippen LogP contribution in [0.3, 0.4) is 0 Å². The van der Waals surface area contributed by atoms with E-state index in [9.17, 15) is 14.9 Å². The molecule has 0 fully saturated rings. The molecule has 1 aliphatic rings. The van der Waals surface area contributed by atoms with Crippen LogP contribution in [0.25, 0.3) is 6.08 Å². The Labute approximate surface area is 267 Å². The summed E-state index contributed by atoms with van der Waals surface area (Å²) in [6.07, 6.45) is 3.11. The number of hydrogen-bond acceptors (Lipinski definition) is 8. The number of aromatic nitrogens is 1. The fourth-order valence-corrected chi connectivity index (χ4v) is 6.46. The summed E-state index contributed by atoms with van der Waals surface area (Å²) in [5.41, 5.74) is 3.50. The monoisotopic (exact) mass is 671 g/mol. The first-order chi connectivity index (χ1) is 21.4. The summed E-state index contributed by atoms with van der Waals surface area (Å²) in [6.45, 7) is 4.23. The molecule has 0 spiro atoms. The van der Waals surface area contributed by atoms with Crippen molar-refractivity contribution in [1.29, 1.82) is 5.26 Å². The van der Waals surface area contributed by atoms with E-state index in [1.807, 2.05) is 61.5 Å². The quantitative estimate of drug-likeness (QED) is 0.198. The van der Waals surface area contributed by atoms with Gasteiger partial charge in [0, 0.05) is 15.6 Å². The van der Waals surface area contributed by atoms with Crippen LogP contribution in [0, 0.1) is 11.3 Å². The predicted molar refractivity (Wildman–Crippen MR) is 172 cm³/mol. The van der Waals surface area contributed by atoms with Gasteiger partial charge in [-0.3, -0.25) is 9.36 Å². The van der Waals surface area contributed by atoms with E-state index in [-0.39, 0.29) is 18.8 Å². The van der Waals surface area contributed by atoms with Gasteiger partial charge in [-0.1, -0.05) is 70.9 Å². The van der Waals surface area contributed by atoms with Crippen molar-refractivity contribution in [2.75, 3.05) is 13.7 Å². The van der Waals surface area contributed by atoms with Gasteiger partial charge >= 0.3 is 5.97 Å². The van der Waals surface area contributed by atoms with Crippen LogP contribution in [-0.4, -0.2) is 24.3 Å². The van der Waals surface area contributed by atoms with Gasteiger partial charge in [0.2, 0.25) is 0 Å². The maximum absolute atomic E-state index is 14.1. The first-order valence-electron chi connectivity index (χ1n) is 14.1. The summed E-state index contributed by atoms with van der Waals surface area (Å²) in [5, 5.41) is 9.33. The molecular formula is C34H30BrN3O5S. The van der Waals surface area contributed by atoms with E-state index in [0.717, 1.165) is 22.0 Å². The molecule has 0 aliphatic carbocycles. The highest BCUT2D eigenvalue weighted by atomic mass is 79.9. The van der Waals surface area contributed by atoms with Gasteiger partial charge in [-0.2, -0.15) is 5.26 Å². The average Bonchev–Trinajstić information content (AvgIpc) is 3.34. The number of nitrogens with zero attached hydrogens (tertiary/aromatic N) is 3. The molecule has 0 saturated carbocycles. The maximum atomic E-state index is 14.1. The van der Waals surface area contributed by atoms with Crippen molar-refractivity contribution in [3.8, 4) is 17.6 Å². The Morgan fingerprint density at radius 2 is 1.91 bits per heavy atom. The normalized spacial score (nSPS) is 14.4. The van der Waals surface area contributed by atoms with E-state index < -0.39 is 12.0 Å². The summed E-state index contributed by atoms with van der Waals surface area (Å²) >= 11 is 4.82. The van der Waals surface area contributed by atoms with E-state index in [1.165, 1.54) is 11.3 Å². The highest BCUT2D eigenvalue weighted by Crippen LogP contribution is 2.38. The van der Waals surface area contributed by atoms with Crippen molar-refractivity contribution >= 4 is 39.3 Å². The van der Waals surface area contributed by atoms with Crippen LogP contribution in [0.2, 0.25) is 0 Å². The summed E-state index contributed by atoms with van der Waals surface area (Å²) in [7, 11) is 1.56. The van der Waals surface area contributed by atoms with Gasteiger partial charge < -0.3 is 14.2 Å². The number of ether oxygens (including phenoxy) is 3. The van der Waals surface area contributed by atoms with Crippen molar-refractivity contribution in [1.82, 2.24) is 4.57 Å². The summed E-state index contributed by atoms with van der Waals surface area (Å²) in [5.74, 6) is 0.677. The van der Waals surface area contributed by atoms with E-state index in [1.54, 1.807) is 36.8 Å². The molecule has 3 aromatic carbocycles. The van der Waals surface area contributed by atoms with Crippen molar-refractivity contribution in [2.45, 2.75) is 39.3 Å². The molecule has 0 amide bonds. The Balaban J connectivity index is 1.57. The molecule has 0 bridgehead atoms. The predicted octanol–water partition coefficient (Wildman–Crippen LogP) is 5.80. The third kappa shape index (κ3) is 6.39. The average molecular weight is 673 g/mol. The minimum atomic E-state index is -0.784. The van der Waals surface area contributed by atoms with Gasteiger partial charge in [-0.15, -0.1) is 0 Å². The number of methoxy groups -OCH3 is 1. The molecule has 10 heteroatoms. The summed E-state index contributed by atoms with van der Waals surface area (Å²) in [4.78, 5) is 32.8. The van der Waals surface area contributed by atoms with E-state index in [4.69, 9.17) is 19.2 Å². The molecule has 1 atom stereocenters. The minimum absolute atomic E-state index is 0.193. The third-order valence-electron chi connectivity index (χ3n) is 7.09. The number of halogens is 1. The van der Waals surface area contributed by atoms with Gasteiger partial charge in [0.25, 0.3) is 5.56 Å². The second-order valence-electron chi connectivity index (χ2n) is 9.93. The fourth-order valence-electron chi connectivity index (χ4n) is 5.06. The van der Waals surface area contributed by atoms with E-state index in [0.29, 0.717) is 49.7 Å². The van der Waals surface area contributed by atoms with Crippen molar-refractivity contribution in [2.24, 2.45) is 4.99 Å². The number of allylic oxidation sites excluding steroid dienone is 1. The van der Waals surface area contributed by atoms with Crippen LogP contribution < -0.4 is 24.4 Å². The van der Waals surface area contributed by atoms with Gasteiger partial charge in [0.15, 0.2) is 4.80 Å². The summed E-state index contributed by atoms with van der Waals surface area (Å²) in [6, 6.07) is 21.6. The minimum Gasteiger partial charge on any atom is -0.496 e. The number of esters is 1. The highest BCUT2D eigenvalue weighted by molar-refractivity contribution is 9.10. The van der Waals surface area contributed by atoms with Crippen molar-refractivity contribution in [3.05, 3.63) is 124 Å². The van der Waals surface area contributed by atoms with E-state index >= 15 is 0 Å². The molecule has 8 nitrogen and oxygen atoms in total. The number of carbonyl (C=O) groups excluding carboxylic acids is 1. The van der Waals surface area contributed by atoms with Crippen LogP contribution in [0.4, 0.5) is 0 Å². The lowest BCUT2D eigenvalue weighted by atomic mass is 9.93. The molecule has 1 aliphatic heterocycles. The Bertz CT molecular complexity index is 1950. The van der Waals surface area contributed by atoms with Crippen molar-refractivity contribution < 1.29 is 19.0 Å². The number of hydrogen-bond donors (Lipinski definition) is 0. The lowest BCUT2D eigenvalue weighted by Crippen LogP contribution is -2.40. The molecule has 0 unspecified atom stereocenters. The van der Waals surface area contributed by atoms with Crippen LogP contribution in [0.1, 0.15) is 55.0 Å². The van der Waals surface area contributed by atoms with Crippen LogP contribution in [0.15, 0.2) is 92.3 Å².